The number of nitrogens with zero attached hydrogens (tertiary/aromatic N) is 1. The molecule has 2 aliphatic rings. The Balaban J connectivity index is 1.58. The number of hydrogen-bond acceptors (Lipinski definition) is 4. The number of nitrogens with one attached hydrogen (secondary N) is 1. The average Bonchev–Trinajstić information content (AvgIpc) is 3.13. The molecule has 1 fully saturated rings. The molecule has 1 unspecified atom stereocenters. The largest absolute Gasteiger partial charge is 0.479 e. The summed E-state index contributed by atoms with van der Waals surface area (Å²) in [6.07, 6.45) is 2.40. The minimum Gasteiger partial charge on any atom is -0.479 e. The summed E-state index contributed by atoms with van der Waals surface area (Å²) < 4.78 is 5.36. The van der Waals surface area contributed by atoms with E-state index in [4.69, 9.17) is 4.74 Å². The highest BCUT2D eigenvalue weighted by Crippen LogP contribution is 2.28. The molecular weight excluding hydrogens is 296 g/mol. The van der Waals surface area contributed by atoms with Crippen LogP contribution in [0, 0.1) is 0 Å². The normalized spacial score (nSPS) is 22.9. The number of amides is 1. The Kier molecular flexibility index (Phi) is 4.26. The molecule has 1 aromatic rings. The molecule has 1 saturated heterocycles. The molecule has 6 heteroatoms. The van der Waals surface area contributed by atoms with Crippen molar-refractivity contribution in [1.29, 1.82) is 0 Å². The molecule has 1 aromatic carbocycles. The Hall–Kier alpha value is -2.08. The highest BCUT2D eigenvalue weighted by molar-refractivity contribution is 5.82. The maximum absolute atomic E-state index is 12.1. The maximum atomic E-state index is 12.1. The third-order valence-corrected chi connectivity index (χ3v) is 4.70. The smallest absolute Gasteiger partial charge is 0.337 e. The Labute approximate surface area is 135 Å². The van der Waals surface area contributed by atoms with E-state index < -0.39 is 11.6 Å². The van der Waals surface area contributed by atoms with E-state index in [9.17, 15) is 14.7 Å². The van der Waals surface area contributed by atoms with Gasteiger partial charge in [-0.3, -0.25) is 4.79 Å². The van der Waals surface area contributed by atoms with Crippen LogP contribution in [0.4, 0.5) is 5.69 Å². The molecule has 0 spiro atoms. The van der Waals surface area contributed by atoms with Gasteiger partial charge in [-0.25, -0.2) is 4.79 Å². The van der Waals surface area contributed by atoms with Crippen LogP contribution in [-0.4, -0.2) is 49.3 Å². The van der Waals surface area contributed by atoms with Gasteiger partial charge in [-0.05, 0) is 36.5 Å². The topological polar surface area (TPSA) is 78.9 Å². The summed E-state index contributed by atoms with van der Waals surface area (Å²) in [6.45, 7) is 1.46. The predicted molar refractivity (Wildman–Crippen MR) is 85.7 cm³/mol. The second kappa shape index (κ2) is 6.20. The Morgan fingerprint density at radius 3 is 2.96 bits per heavy atom. The monoisotopic (exact) mass is 318 g/mol. The lowest BCUT2D eigenvalue weighted by atomic mass is 10.00. The lowest BCUT2D eigenvalue weighted by Crippen LogP contribution is -2.48. The van der Waals surface area contributed by atoms with Gasteiger partial charge in [0, 0.05) is 25.9 Å². The zero-order valence-corrected chi connectivity index (χ0v) is 13.3. The van der Waals surface area contributed by atoms with Crippen molar-refractivity contribution in [3.63, 3.8) is 0 Å². The fourth-order valence-electron chi connectivity index (χ4n) is 3.30. The quantitative estimate of drug-likeness (QED) is 0.846. The molecule has 0 radical (unpaired) electrons. The molecule has 0 saturated carbocycles. The molecular formula is C17H22N2O4. The van der Waals surface area contributed by atoms with E-state index in [1.807, 2.05) is 12.1 Å². The van der Waals surface area contributed by atoms with E-state index in [1.54, 1.807) is 0 Å². The van der Waals surface area contributed by atoms with Crippen LogP contribution in [0.25, 0.3) is 0 Å². The molecule has 23 heavy (non-hydrogen) atoms. The summed E-state index contributed by atoms with van der Waals surface area (Å²) in [4.78, 5) is 25.7. The van der Waals surface area contributed by atoms with E-state index in [1.165, 1.54) is 11.3 Å². The van der Waals surface area contributed by atoms with Gasteiger partial charge in [0.2, 0.25) is 5.91 Å². The van der Waals surface area contributed by atoms with E-state index in [0.29, 0.717) is 19.4 Å². The minimum atomic E-state index is -1.25. The number of aliphatic carboxylic acids is 1. The van der Waals surface area contributed by atoms with Crippen molar-refractivity contribution in [3.05, 3.63) is 29.3 Å². The first-order valence-electron chi connectivity index (χ1n) is 7.97. The van der Waals surface area contributed by atoms with E-state index in [0.717, 1.165) is 18.5 Å². The van der Waals surface area contributed by atoms with E-state index in [2.05, 4.69) is 23.3 Å². The number of carboxylic acids is 1. The second-order valence-corrected chi connectivity index (χ2v) is 6.34. The molecule has 1 amide bonds. The van der Waals surface area contributed by atoms with E-state index >= 15 is 0 Å². The molecule has 0 aliphatic carbocycles. The molecule has 124 valence electrons. The number of fused-ring (bicyclic) bond motifs is 1. The van der Waals surface area contributed by atoms with Crippen molar-refractivity contribution < 1.29 is 19.4 Å². The molecule has 1 atom stereocenters. The first kappa shape index (κ1) is 15.8. The van der Waals surface area contributed by atoms with Crippen LogP contribution in [-0.2, 0) is 27.2 Å². The molecule has 0 bridgehead atoms. The molecule has 6 nitrogen and oxygen atoms in total. The highest BCUT2D eigenvalue weighted by atomic mass is 16.5. The van der Waals surface area contributed by atoms with Gasteiger partial charge in [-0.15, -0.1) is 0 Å². The maximum Gasteiger partial charge on any atom is 0.337 e. The average molecular weight is 318 g/mol. The molecule has 0 aromatic heterocycles. The molecule has 2 heterocycles. The summed E-state index contributed by atoms with van der Waals surface area (Å²) in [5, 5.41) is 12.0. The third kappa shape index (κ3) is 3.17. The Morgan fingerprint density at radius 2 is 2.26 bits per heavy atom. The van der Waals surface area contributed by atoms with Crippen LogP contribution in [0.1, 0.15) is 24.0 Å². The number of carbonyl (C=O) groups excluding carboxylic acids is 1. The van der Waals surface area contributed by atoms with Gasteiger partial charge in [0.1, 0.15) is 0 Å². The number of ether oxygens (including phenoxy) is 1. The van der Waals surface area contributed by atoms with Crippen LogP contribution in [0.3, 0.4) is 0 Å². The van der Waals surface area contributed by atoms with Crippen LogP contribution < -0.4 is 10.2 Å². The van der Waals surface area contributed by atoms with Gasteiger partial charge in [0.05, 0.1) is 13.0 Å². The lowest BCUT2D eigenvalue weighted by molar-refractivity contribution is -0.159. The van der Waals surface area contributed by atoms with Crippen LogP contribution in [0.5, 0.6) is 0 Å². The Bertz CT molecular complexity index is 623. The van der Waals surface area contributed by atoms with Crippen LogP contribution in [0.15, 0.2) is 18.2 Å². The number of benzene rings is 1. The number of carboxylic acid groups (broad SMARTS) is 1. The molecule has 2 N–H and O–H groups in total. The first-order valence-corrected chi connectivity index (χ1v) is 7.97. The molecule has 3 rings (SSSR count). The summed E-state index contributed by atoms with van der Waals surface area (Å²) >= 11 is 0. The van der Waals surface area contributed by atoms with Gasteiger partial charge < -0.3 is 20.1 Å². The number of carbonyl (C=O) groups is 2. The summed E-state index contributed by atoms with van der Waals surface area (Å²) in [6, 6.07) is 6.07. The van der Waals surface area contributed by atoms with Crippen LogP contribution >= 0.6 is 0 Å². The minimum absolute atomic E-state index is 0.0227. The van der Waals surface area contributed by atoms with Crippen LogP contribution in [0.2, 0.25) is 0 Å². The number of likely N-dealkylation sites (N-methyl/N-ethyl adjacent to an activating group) is 1. The van der Waals surface area contributed by atoms with Gasteiger partial charge >= 0.3 is 5.97 Å². The predicted octanol–water partition coefficient (Wildman–Crippen LogP) is 0.971. The van der Waals surface area contributed by atoms with Crippen molar-refractivity contribution >= 4 is 17.6 Å². The van der Waals surface area contributed by atoms with Gasteiger partial charge in [0.25, 0.3) is 0 Å². The fraction of sp³-hybridized carbons (Fsp3) is 0.529. The van der Waals surface area contributed by atoms with Crippen molar-refractivity contribution in [2.75, 3.05) is 31.6 Å². The molecule has 2 aliphatic heterocycles. The van der Waals surface area contributed by atoms with Crippen molar-refractivity contribution in [3.8, 4) is 0 Å². The first-order chi connectivity index (χ1) is 11.0. The summed E-state index contributed by atoms with van der Waals surface area (Å²) in [5.74, 6) is -1.18. The third-order valence-electron chi connectivity index (χ3n) is 4.70. The Morgan fingerprint density at radius 1 is 1.43 bits per heavy atom. The second-order valence-electron chi connectivity index (χ2n) is 6.34. The fourth-order valence-corrected chi connectivity index (χ4v) is 3.30. The highest BCUT2D eigenvalue weighted by Gasteiger charge is 2.43. The van der Waals surface area contributed by atoms with Gasteiger partial charge in [-0.1, -0.05) is 12.1 Å². The zero-order valence-electron chi connectivity index (χ0n) is 13.3. The van der Waals surface area contributed by atoms with Crippen molar-refractivity contribution in [2.24, 2.45) is 0 Å². The van der Waals surface area contributed by atoms with Crippen molar-refractivity contribution in [1.82, 2.24) is 5.32 Å². The number of hydrogen-bond donors (Lipinski definition) is 2. The summed E-state index contributed by atoms with van der Waals surface area (Å²) in [5.41, 5.74) is 2.18. The SMILES string of the molecule is CN1CCc2cc(CC(=O)NCC3(C(=O)O)CCCO3)ccc21. The summed E-state index contributed by atoms with van der Waals surface area (Å²) in [7, 11) is 2.06. The lowest BCUT2D eigenvalue weighted by Gasteiger charge is -2.23. The van der Waals surface area contributed by atoms with Gasteiger partial charge in [-0.2, -0.15) is 0 Å². The standard InChI is InChI=1S/C17H22N2O4/c1-19-7-5-13-9-12(3-4-14(13)19)10-15(20)18-11-17(16(21)22)6-2-8-23-17/h3-4,9H,2,5-8,10-11H2,1H3,(H,18,20)(H,21,22). The van der Waals surface area contributed by atoms with Crippen molar-refractivity contribution in [2.45, 2.75) is 31.3 Å². The number of rotatable bonds is 5. The zero-order chi connectivity index (χ0) is 16.4. The van der Waals surface area contributed by atoms with E-state index in [-0.39, 0.29) is 18.9 Å². The van der Waals surface area contributed by atoms with Gasteiger partial charge in [0.15, 0.2) is 5.60 Å². The number of anilines is 1.